The molecule has 1 unspecified atom stereocenters. The van der Waals surface area contributed by atoms with Gasteiger partial charge in [0.1, 0.15) is 0 Å². The van der Waals surface area contributed by atoms with E-state index in [1.165, 1.54) is 0 Å². The summed E-state index contributed by atoms with van der Waals surface area (Å²) < 4.78 is 0. The molecule has 2 aliphatic rings. The van der Waals surface area contributed by atoms with Crippen molar-refractivity contribution in [2.24, 2.45) is 5.92 Å². The summed E-state index contributed by atoms with van der Waals surface area (Å²) in [5.74, 6) is -0.0497. The van der Waals surface area contributed by atoms with Crippen LogP contribution in [-0.2, 0) is 10.2 Å². The highest BCUT2D eigenvalue weighted by atomic mass is 16.2. The van der Waals surface area contributed by atoms with E-state index in [4.69, 9.17) is 5.26 Å². The molecule has 0 bridgehead atoms. The fraction of sp³-hybridized carbons (Fsp3) is 0.333. The number of hydrogen-bond acceptors (Lipinski definition) is 2. The maximum Gasteiger partial charge on any atom is 0.238 e. The van der Waals surface area contributed by atoms with Gasteiger partial charge in [0.15, 0.2) is 0 Å². The lowest BCUT2D eigenvalue weighted by molar-refractivity contribution is -0.120. The van der Waals surface area contributed by atoms with Crippen LogP contribution < -0.4 is 4.90 Å². The summed E-state index contributed by atoms with van der Waals surface area (Å²) in [6.45, 7) is 0. The normalized spacial score (nSPS) is 31.6. The SMILES string of the molecule is CN1C(=O)[C@]2(CC2C#N)c2ccccc21. The number of nitriles is 1. The minimum absolute atomic E-state index is 0.0789. The standard InChI is InChI=1S/C12H10N2O/c1-14-10-5-3-2-4-9(10)12(11(14)15)6-8(12)7-13/h2-5,8H,6H2,1H3/t8?,12-/m0/s1. The highest BCUT2D eigenvalue weighted by Crippen LogP contribution is 2.60. The topological polar surface area (TPSA) is 44.1 Å². The van der Waals surface area contributed by atoms with Gasteiger partial charge >= 0.3 is 0 Å². The van der Waals surface area contributed by atoms with Crippen molar-refractivity contribution < 1.29 is 4.79 Å². The van der Waals surface area contributed by atoms with Crippen LogP contribution in [-0.4, -0.2) is 13.0 Å². The van der Waals surface area contributed by atoms with Gasteiger partial charge in [-0.15, -0.1) is 0 Å². The van der Waals surface area contributed by atoms with E-state index in [1.54, 1.807) is 11.9 Å². The first kappa shape index (κ1) is 8.49. The van der Waals surface area contributed by atoms with Gasteiger partial charge in [0.2, 0.25) is 5.91 Å². The van der Waals surface area contributed by atoms with Crippen LogP contribution in [0.15, 0.2) is 24.3 Å². The zero-order valence-corrected chi connectivity index (χ0v) is 8.40. The zero-order chi connectivity index (χ0) is 10.6. The molecule has 1 fully saturated rings. The number of rotatable bonds is 0. The Morgan fingerprint density at radius 2 is 2.27 bits per heavy atom. The molecule has 1 heterocycles. The summed E-state index contributed by atoms with van der Waals surface area (Å²) in [6, 6.07) is 9.97. The molecule has 2 atom stereocenters. The number of anilines is 1. The molecule has 1 amide bonds. The molecule has 3 rings (SSSR count). The molecular formula is C12H10N2O. The number of nitrogens with zero attached hydrogens (tertiary/aromatic N) is 2. The van der Waals surface area contributed by atoms with E-state index in [0.29, 0.717) is 6.42 Å². The van der Waals surface area contributed by atoms with Crippen LogP contribution in [0.1, 0.15) is 12.0 Å². The van der Waals surface area contributed by atoms with E-state index in [9.17, 15) is 4.79 Å². The molecule has 0 N–H and O–H groups in total. The van der Waals surface area contributed by atoms with Gasteiger partial charge in [-0.1, -0.05) is 18.2 Å². The Labute approximate surface area is 87.9 Å². The van der Waals surface area contributed by atoms with E-state index in [-0.39, 0.29) is 11.8 Å². The molecular weight excluding hydrogens is 188 g/mol. The molecule has 0 radical (unpaired) electrons. The van der Waals surface area contributed by atoms with Gasteiger partial charge in [-0.25, -0.2) is 0 Å². The fourth-order valence-electron chi connectivity index (χ4n) is 2.62. The summed E-state index contributed by atoms with van der Waals surface area (Å²) in [5, 5.41) is 8.94. The van der Waals surface area contributed by atoms with Gasteiger partial charge in [0.25, 0.3) is 0 Å². The highest BCUT2D eigenvalue weighted by molar-refractivity contribution is 6.10. The van der Waals surface area contributed by atoms with Gasteiger partial charge in [-0.2, -0.15) is 5.26 Å². The summed E-state index contributed by atoms with van der Waals surface area (Å²) in [6.07, 6.45) is 0.684. The Morgan fingerprint density at radius 1 is 1.53 bits per heavy atom. The van der Waals surface area contributed by atoms with Crippen LogP contribution in [0.4, 0.5) is 5.69 Å². The molecule has 0 saturated heterocycles. The molecule has 1 aromatic rings. The van der Waals surface area contributed by atoms with E-state index in [2.05, 4.69) is 6.07 Å². The first-order valence-electron chi connectivity index (χ1n) is 4.99. The summed E-state index contributed by atoms with van der Waals surface area (Å²) >= 11 is 0. The molecule has 3 heteroatoms. The third kappa shape index (κ3) is 0.782. The van der Waals surface area contributed by atoms with Crippen molar-refractivity contribution in [1.29, 1.82) is 5.26 Å². The number of fused-ring (bicyclic) bond motifs is 2. The molecule has 0 aromatic heterocycles. The van der Waals surface area contributed by atoms with Crippen molar-refractivity contribution in [1.82, 2.24) is 0 Å². The second-order valence-corrected chi connectivity index (χ2v) is 4.24. The van der Waals surface area contributed by atoms with Crippen LogP contribution in [0.3, 0.4) is 0 Å². The van der Waals surface area contributed by atoms with Crippen LogP contribution >= 0.6 is 0 Å². The number of para-hydroxylation sites is 1. The van der Waals surface area contributed by atoms with Gasteiger partial charge in [0, 0.05) is 12.7 Å². The molecule has 1 aliphatic heterocycles. The first-order chi connectivity index (χ1) is 7.21. The fourth-order valence-corrected chi connectivity index (χ4v) is 2.62. The average Bonchev–Trinajstić information content (AvgIpc) is 2.98. The lowest BCUT2D eigenvalue weighted by Crippen LogP contribution is -2.29. The second kappa shape index (κ2) is 2.40. The van der Waals surface area contributed by atoms with Crippen molar-refractivity contribution in [2.75, 3.05) is 11.9 Å². The van der Waals surface area contributed by atoms with E-state index < -0.39 is 5.41 Å². The number of carbonyl (C=O) groups excluding carboxylic acids is 1. The minimum Gasteiger partial charge on any atom is -0.314 e. The summed E-state index contributed by atoms with van der Waals surface area (Å²) in [7, 11) is 1.78. The Morgan fingerprint density at radius 3 is 2.93 bits per heavy atom. The van der Waals surface area contributed by atoms with Crippen molar-refractivity contribution >= 4 is 11.6 Å². The minimum atomic E-state index is -0.500. The van der Waals surface area contributed by atoms with Crippen LogP contribution in [0.2, 0.25) is 0 Å². The van der Waals surface area contributed by atoms with Crippen molar-refractivity contribution in [3.63, 3.8) is 0 Å². The highest BCUT2D eigenvalue weighted by Gasteiger charge is 2.66. The van der Waals surface area contributed by atoms with Crippen molar-refractivity contribution in [3.05, 3.63) is 29.8 Å². The van der Waals surface area contributed by atoms with Crippen LogP contribution in [0, 0.1) is 17.2 Å². The Hall–Kier alpha value is -1.82. The van der Waals surface area contributed by atoms with Crippen LogP contribution in [0.5, 0.6) is 0 Å². The zero-order valence-electron chi connectivity index (χ0n) is 8.40. The smallest absolute Gasteiger partial charge is 0.238 e. The Bertz CT molecular complexity index is 503. The number of amides is 1. The molecule has 1 aliphatic carbocycles. The lowest BCUT2D eigenvalue weighted by Gasteiger charge is -2.09. The molecule has 74 valence electrons. The molecule has 3 nitrogen and oxygen atoms in total. The summed E-state index contributed by atoms with van der Waals surface area (Å²) in [4.78, 5) is 13.8. The Balaban J connectivity index is 2.22. The molecule has 1 aromatic carbocycles. The molecule has 15 heavy (non-hydrogen) atoms. The van der Waals surface area contributed by atoms with Gasteiger partial charge in [-0.05, 0) is 18.1 Å². The lowest BCUT2D eigenvalue weighted by atomic mass is 9.95. The number of hydrogen-bond donors (Lipinski definition) is 0. The van der Waals surface area contributed by atoms with Gasteiger partial charge in [-0.3, -0.25) is 4.79 Å². The number of benzene rings is 1. The quantitative estimate of drug-likeness (QED) is 0.633. The monoisotopic (exact) mass is 198 g/mol. The largest absolute Gasteiger partial charge is 0.314 e. The average molecular weight is 198 g/mol. The second-order valence-electron chi connectivity index (χ2n) is 4.24. The number of likely N-dealkylation sites (N-methyl/N-ethyl adjacent to an activating group) is 1. The third-order valence-corrected chi connectivity index (χ3v) is 3.55. The van der Waals surface area contributed by atoms with Gasteiger partial charge < -0.3 is 4.90 Å². The summed E-state index contributed by atoms with van der Waals surface area (Å²) in [5.41, 5.74) is 1.49. The first-order valence-corrected chi connectivity index (χ1v) is 4.99. The molecule has 1 saturated carbocycles. The number of carbonyl (C=O) groups is 1. The maximum atomic E-state index is 12.1. The van der Waals surface area contributed by atoms with Gasteiger partial charge in [0.05, 0.1) is 17.4 Å². The Kier molecular flexibility index (Phi) is 1.36. The molecule has 1 spiro atoms. The van der Waals surface area contributed by atoms with E-state index in [0.717, 1.165) is 11.3 Å². The van der Waals surface area contributed by atoms with Crippen LogP contribution in [0.25, 0.3) is 0 Å². The third-order valence-electron chi connectivity index (χ3n) is 3.55. The predicted octanol–water partition coefficient (Wildman–Crippen LogP) is 1.44. The van der Waals surface area contributed by atoms with E-state index >= 15 is 0 Å². The van der Waals surface area contributed by atoms with Crippen molar-refractivity contribution in [2.45, 2.75) is 11.8 Å². The predicted molar refractivity (Wildman–Crippen MR) is 55.3 cm³/mol. The maximum absolute atomic E-state index is 12.1. The van der Waals surface area contributed by atoms with E-state index in [1.807, 2.05) is 24.3 Å². The van der Waals surface area contributed by atoms with Crippen molar-refractivity contribution in [3.8, 4) is 6.07 Å².